The van der Waals surface area contributed by atoms with E-state index in [-0.39, 0.29) is 6.54 Å². The predicted octanol–water partition coefficient (Wildman–Crippen LogP) is 2.99. The van der Waals surface area contributed by atoms with Crippen LogP contribution in [0.25, 0.3) is 43.9 Å². The summed E-state index contributed by atoms with van der Waals surface area (Å²) in [5, 5.41) is 58.5. The van der Waals surface area contributed by atoms with E-state index in [1.54, 1.807) is 42.3 Å². The number of benzene rings is 4. The number of rotatable bonds is 9. The molecule has 0 aliphatic carbocycles. The monoisotopic (exact) mass is 586 g/mol. The Morgan fingerprint density at radius 2 is 1.23 bits per heavy atom. The number of hydrogen-bond acceptors (Lipinski definition) is 11. The minimum atomic E-state index is -2.55. The van der Waals surface area contributed by atoms with Crippen molar-refractivity contribution >= 4 is 66.6 Å². The minimum absolute atomic E-state index is 0.167. The normalized spacial score (nSPS) is 15.6. The van der Waals surface area contributed by atoms with Crippen LogP contribution in [-0.4, -0.2) is 76.8 Å². The zero-order valence-corrected chi connectivity index (χ0v) is 23.7. The van der Waals surface area contributed by atoms with Gasteiger partial charge in [-0.1, -0.05) is 36.4 Å². The summed E-state index contributed by atoms with van der Waals surface area (Å²) in [5.41, 5.74) is 13.8. The van der Waals surface area contributed by atoms with Gasteiger partial charge < -0.3 is 55.6 Å². The number of hydrogen-bond donors (Lipinski definition) is 7. The Balaban J connectivity index is 1.38. The first kappa shape index (κ1) is 28.6. The highest BCUT2D eigenvalue weighted by Gasteiger charge is 2.50. The van der Waals surface area contributed by atoms with Gasteiger partial charge in [0.25, 0.3) is 0 Å². The molecular formula is C32H34N4O7. The van der Waals surface area contributed by atoms with Gasteiger partial charge in [-0.15, -0.1) is 0 Å². The van der Waals surface area contributed by atoms with E-state index in [2.05, 4.69) is 0 Å². The van der Waals surface area contributed by atoms with Crippen LogP contribution in [0.15, 0.2) is 81.6 Å². The molecule has 0 spiro atoms. The molecule has 0 aliphatic heterocycles. The van der Waals surface area contributed by atoms with Gasteiger partial charge in [0.2, 0.25) is 0 Å². The minimum Gasteiger partial charge on any atom is -0.454 e. The van der Waals surface area contributed by atoms with Gasteiger partial charge in [-0.05, 0) is 36.4 Å². The van der Waals surface area contributed by atoms with Gasteiger partial charge in [0, 0.05) is 37.1 Å². The quantitative estimate of drug-likeness (QED) is 0.0975. The first-order valence-electron chi connectivity index (χ1n) is 13.8. The molecule has 43 heavy (non-hydrogen) atoms. The van der Waals surface area contributed by atoms with Crippen LogP contribution in [-0.2, 0) is 0 Å². The summed E-state index contributed by atoms with van der Waals surface area (Å²) >= 11 is 0. The lowest BCUT2D eigenvalue weighted by Gasteiger charge is -2.46. The highest BCUT2D eigenvalue weighted by molar-refractivity contribution is 6.15. The number of nitrogens with zero attached hydrogens (tertiary/aromatic N) is 2. The van der Waals surface area contributed by atoms with Crippen LogP contribution in [0.3, 0.4) is 0 Å². The summed E-state index contributed by atoms with van der Waals surface area (Å²) in [6.07, 6.45) is -5.44. The lowest BCUT2D eigenvalue weighted by Crippen LogP contribution is -2.68. The molecule has 11 nitrogen and oxygen atoms in total. The molecule has 2 aromatic heterocycles. The second kappa shape index (κ2) is 10.6. The van der Waals surface area contributed by atoms with Crippen LogP contribution in [0.5, 0.6) is 0 Å². The number of furan rings is 2. The summed E-state index contributed by atoms with van der Waals surface area (Å²) in [6, 6.07) is 21.4. The van der Waals surface area contributed by atoms with Crippen LogP contribution >= 0.6 is 0 Å². The summed E-state index contributed by atoms with van der Waals surface area (Å²) < 4.78 is 12.0. The number of aliphatic hydroxyl groups is 5. The van der Waals surface area contributed by atoms with Gasteiger partial charge in [-0.3, -0.25) is 0 Å². The SMILES string of the molecule is CN(CC(O)C(O)C(O)(C(O)CO)N(C)c1ccc(N)c2oc3ccccc3c12)c1ccc(N)c2oc3ccccc3c12. The molecule has 0 fully saturated rings. The van der Waals surface area contributed by atoms with Crippen LogP contribution in [0.2, 0.25) is 0 Å². The third-order valence-corrected chi connectivity index (χ3v) is 8.30. The Kier molecular flexibility index (Phi) is 7.07. The molecule has 0 saturated heterocycles. The molecule has 0 aliphatic rings. The van der Waals surface area contributed by atoms with E-state index in [0.717, 1.165) is 10.8 Å². The van der Waals surface area contributed by atoms with E-state index in [4.69, 9.17) is 20.3 Å². The molecule has 11 heteroatoms. The third kappa shape index (κ3) is 4.41. The molecule has 4 aromatic carbocycles. The van der Waals surface area contributed by atoms with Gasteiger partial charge in [-0.25, -0.2) is 0 Å². The molecule has 2 heterocycles. The number of likely N-dealkylation sites (N-methyl/N-ethyl adjacent to an activating group) is 2. The van der Waals surface area contributed by atoms with Crippen molar-refractivity contribution in [3.8, 4) is 0 Å². The smallest absolute Gasteiger partial charge is 0.195 e. The van der Waals surface area contributed by atoms with Crippen LogP contribution < -0.4 is 21.3 Å². The maximum absolute atomic E-state index is 12.0. The molecule has 0 saturated carbocycles. The molecule has 0 bridgehead atoms. The van der Waals surface area contributed by atoms with Gasteiger partial charge in [0.05, 0.1) is 34.4 Å². The number of anilines is 4. The fourth-order valence-corrected chi connectivity index (χ4v) is 5.97. The zero-order chi connectivity index (χ0) is 30.6. The summed E-state index contributed by atoms with van der Waals surface area (Å²) in [4.78, 5) is 2.94. The van der Waals surface area contributed by atoms with Crippen molar-refractivity contribution in [3.63, 3.8) is 0 Å². The fourth-order valence-electron chi connectivity index (χ4n) is 5.97. The number of nitrogen functional groups attached to an aromatic ring is 2. The van der Waals surface area contributed by atoms with E-state index < -0.39 is 30.6 Å². The topological polar surface area (TPSA) is 186 Å². The van der Waals surface area contributed by atoms with Gasteiger partial charge in [-0.2, -0.15) is 0 Å². The standard InChI is InChI=1S/C32H34N4O7/c1-35(21-13-11-19(33)29-27(21)17-7-3-5-9-24(17)42-29)15-23(38)31(40)32(41,26(39)16-37)36(2)22-14-12-20(34)30-28(22)18-8-4-6-10-25(18)43-30/h3-14,23,26,31,37-41H,15-16,33-34H2,1-2H3. The number of aliphatic hydroxyl groups excluding tert-OH is 4. The van der Waals surface area contributed by atoms with Crippen molar-refractivity contribution in [2.45, 2.75) is 24.0 Å². The van der Waals surface area contributed by atoms with Gasteiger partial charge >= 0.3 is 0 Å². The first-order chi connectivity index (χ1) is 20.6. The summed E-state index contributed by atoms with van der Waals surface area (Å²) in [6.45, 7) is -1.07. The van der Waals surface area contributed by atoms with Crippen molar-refractivity contribution in [1.82, 2.24) is 0 Å². The lowest BCUT2D eigenvalue weighted by molar-refractivity contribution is -0.181. The van der Waals surface area contributed by atoms with Crippen LogP contribution in [0.1, 0.15) is 0 Å². The molecule has 6 rings (SSSR count). The lowest BCUT2D eigenvalue weighted by atomic mass is 9.92. The largest absolute Gasteiger partial charge is 0.454 e. The Morgan fingerprint density at radius 3 is 1.77 bits per heavy atom. The van der Waals surface area contributed by atoms with Crippen molar-refractivity contribution in [1.29, 1.82) is 0 Å². The van der Waals surface area contributed by atoms with E-state index >= 15 is 0 Å². The molecule has 0 radical (unpaired) electrons. The van der Waals surface area contributed by atoms with Crippen molar-refractivity contribution < 1.29 is 34.4 Å². The number of fused-ring (bicyclic) bond motifs is 6. The Hall–Kier alpha value is -4.52. The average Bonchev–Trinajstić information content (AvgIpc) is 3.60. The second-order valence-electron chi connectivity index (χ2n) is 10.9. The first-order valence-corrected chi connectivity index (χ1v) is 13.8. The summed E-state index contributed by atoms with van der Waals surface area (Å²) in [5.74, 6) is 0. The maximum Gasteiger partial charge on any atom is 0.195 e. The molecule has 9 N–H and O–H groups in total. The average molecular weight is 587 g/mol. The Bertz CT molecular complexity index is 1950. The van der Waals surface area contributed by atoms with E-state index in [9.17, 15) is 25.5 Å². The predicted molar refractivity (Wildman–Crippen MR) is 168 cm³/mol. The van der Waals surface area contributed by atoms with Crippen molar-refractivity contribution in [2.24, 2.45) is 0 Å². The van der Waals surface area contributed by atoms with Crippen molar-refractivity contribution in [2.75, 3.05) is 48.5 Å². The van der Waals surface area contributed by atoms with E-state index in [0.29, 0.717) is 55.9 Å². The second-order valence-corrected chi connectivity index (χ2v) is 10.9. The van der Waals surface area contributed by atoms with E-state index in [1.807, 2.05) is 42.5 Å². The fraction of sp³-hybridized carbons (Fsp3) is 0.250. The highest BCUT2D eigenvalue weighted by Crippen LogP contribution is 2.42. The molecule has 6 aromatic rings. The third-order valence-electron chi connectivity index (χ3n) is 8.30. The zero-order valence-electron chi connectivity index (χ0n) is 23.7. The number of para-hydroxylation sites is 2. The van der Waals surface area contributed by atoms with E-state index in [1.165, 1.54) is 11.9 Å². The molecule has 0 amide bonds. The van der Waals surface area contributed by atoms with Gasteiger partial charge in [0.15, 0.2) is 16.9 Å². The Labute approximate surface area is 246 Å². The number of nitrogens with two attached hydrogens (primary N) is 2. The van der Waals surface area contributed by atoms with Crippen LogP contribution in [0.4, 0.5) is 22.7 Å². The molecule has 4 atom stereocenters. The molecular weight excluding hydrogens is 552 g/mol. The molecule has 4 unspecified atom stereocenters. The Morgan fingerprint density at radius 1 is 0.744 bits per heavy atom. The van der Waals surface area contributed by atoms with Crippen LogP contribution in [0, 0.1) is 0 Å². The maximum atomic E-state index is 12.0. The van der Waals surface area contributed by atoms with Crippen molar-refractivity contribution in [3.05, 3.63) is 72.8 Å². The highest BCUT2D eigenvalue weighted by atomic mass is 16.4. The molecule has 224 valence electrons. The van der Waals surface area contributed by atoms with Gasteiger partial charge in [0.1, 0.15) is 29.5 Å². The summed E-state index contributed by atoms with van der Waals surface area (Å²) in [7, 11) is 3.17.